The summed E-state index contributed by atoms with van der Waals surface area (Å²) in [7, 11) is 1.69. The van der Waals surface area contributed by atoms with Crippen LogP contribution in [0.2, 0.25) is 0 Å². The van der Waals surface area contributed by atoms with Crippen molar-refractivity contribution in [2.45, 2.75) is 6.92 Å². The molecular formula is C3H5O3P. The Hall–Kier alpha value is -0.430. The largest absolute Gasteiger partial charge is 0.446 e. The summed E-state index contributed by atoms with van der Waals surface area (Å²) < 4.78 is 3.94. The first-order valence-electron chi connectivity index (χ1n) is 1.60. The summed E-state index contributed by atoms with van der Waals surface area (Å²) >= 11 is 0. The molecule has 0 aliphatic rings. The zero-order valence-electron chi connectivity index (χ0n) is 3.80. The first kappa shape index (κ1) is 6.57. The van der Waals surface area contributed by atoms with Crippen molar-refractivity contribution in [2.75, 3.05) is 0 Å². The number of hydrogen-bond acceptors (Lipinski definition) is 3. The van der Waals surface area contributed by atoms with Crippen molar-refractivity contribution < 1.29 is 14.1 Å². The zero-order valence-corrected chi connectivity index (χ0v) is 4.96. The van der Waals surface area contributed by atoms with Gasteiger partial charge in [-0.3, -0.25) is 4.79 Å². The fourth-order valence-electron chi connectivity index (χ4n) is 0.0830. The van der Waals surface area contributed by atoms with E-state index in [1.807, 2.05) is 0 Å². The molecule has 3 nitrogen and oxygen atoms in total. The van der Waals surface area contributed by atoms with Crippen LogP contribution >= 0.6 is 9.47 Å². The van der Waals surface area contributed by atoms with Gasteiger partial charge in [-0.05, 0) is 0 Å². The molecule has 4 heteroatoms. The molecule has 0 aromatic carbocycles. The van der Waals surface area contributed by atoms with E-state index in [0.29, 0.717) is 0 Å². The van der Waals surface area contributed by atoms with E-state index in [1.165, 1.54) is 0 Å². The summed E-state index contributed by atoms with van der Waals surface area (Å²) in [4.78, 5) is 19.8. The molecule has 0 aliphatic carbocycles. The Labute approximate surface area is 43.3 Å². The van der Waals surface area contributed by atoms with Crippen LogP contribution in [0.3, 0.4) is 0 Å². The molecule has 0 saturated heterocycles. The summed E-state index contributed by atoms with van der Waals surface area (Å²) in [6, 6.07) is 0. The molecule has 1 atom stereocenters. The molecule has 0 bridgehead atoms. The van der Waals surface area contributed by atoms with Gasteiger partial charge < -0.3 is 4.52 Å². The Balaban J connectivity index is 3.58. The molecule has 0 N–H and O–H groups in total. The van der Waals surface area contributed by atoms with Gasteiger partial charge in [0.2, 0.25) is 5.78 Å². The maximum Gasteiger partial charge on any atom is 0.376 e. The second-order valence-electron chi connectivity index (χ2n) is 0.961. The summed E-state index contributed by atoms with van der Waals surface area (Å²) in [5.74, 6) is -1.42. The van der Waals surface area contributed by atoms with Crippen molar-refractivity contribution in [3.63, 3.8) is 0 Å². The van der Waals surface area contributed by atoms with Crippen LogP contribution < -0.4 is 0 Å². The Morgan fingerprint density at radius 2 is 2.00 bits per heavy atom. The Morgan fingerprint density at radius 3 is 2.00 bits per heavy atom. The van der Waals surface area contributed by atoms with Crippen molar-refractivity contribution in [3.05, 3.63) is 0 Å². The van der Waals surface area contributed by atoms with Crippen molar-refractivity contribution in [2.24, 2.45) is 0 Å². The highest BCUT2D eigenvalue weighted by Gasteiger charge is 2.03. The Bertz CT molecular complexity index is 98.4. The summed E-state index contributed by atoms with van der Waals surface area (Å²) in [6.45, 7) is 1.15. The number of Topliss-reactive ketones (excluding diaryl/α,β-unsaturated/α-hetero) is 1. The third kappa shape index (κ3) is 2.29. The van der Waals surface area contributed by atoms with E-state index in [9.17, 15) is 9.59 Å². The van der Waals surface area contributed by atoms with Gasteiger partial charge in [-0.1, -0.05) is 0 Å². The number of hydrogen-bond donors (Lipinski definition) is 0. The second-order valence-corrected chi connectivity index (χ2v) is 1.20. The molecule has 0 rings (SSSR count). The smallest absolute Gasteiger partial charge is 0.376 e. The molecule has 0 heterocycles. The van der Waals surface area contributed by atoms with Gasteiger partial charge in [0, 0.05) is 6.92 Å². The van der Waals surface area contributed by atoms with Gasteiger partial charge in [-0.25, -0.2) is 4.79 Å². The Morgan fingerprint density at radius 1 is 1.57 bits per heavy atom. The van der Waals surface area contributed by atoms with Crippen molar-refractivity contribution in [3.8, 4) is 0 Å². The lowest BCUT2D eigenvalue weighted by Gasteiger charge is -1.86. The van der Waals surface area contributed by atoms with Crippen molar-refractivity contribution in [1.82, 2.24) is 0 Å². The average Bonchev–Trinajstić information content (AvgIpc) is 1.65. The van der Waals surface area contributed by atoms with Crippen LogP contribution in [0.4, 0.5) is 0 Å². The molecule has 0 amide bonds. The second kappa shape index (κ2) is 2.69. The van der Waals surface area contributed by atoms with Crippen molar-refractivity contribution >= 4 is 21.2 Å². The highest BCUT2D eigenvalue weighted by molar-refractivity contribution is 7.11. The maximum absolute atomic E-state index is 9.92. The predicted octanol–water partition coefficient (Wildman–Crippen LogP) is -0.0913. The molecular weight excluding hydrogens is 115 g/mol. The SMILES string of the molecule is CC(=O)C(=O)OP. The first-order valence-corrected chi connectivity index (χ1v) is 2.07. The number of ketones is 1. The average molecular weight is 120 g/mol. The molecule has 7 heavy (non-hydrogen) atoms. The fourth-order valence-corrected chi connectivity index (χ4v) is 0.249. The van der Waals surface area contributed by atoms with E-state index < -0.39 is 11.8 Å². The maximum atomic E-state index is 9.92. The lowest BCUT2D eigenvalue weighted by molar-refractivity contribution is -0.145. The third-order valence-corrected chi connectivity index (χ3v) is 0.609. The number of carbonyl (C=O) groups excluding carboxylic acids is 2. The summed E-state index contributed by atoms with van der Waals surface area (Å²) in [5.41, 5.74) is 0. The normalized spacial score (nSPS) is 7.71. The third-order valence-electron chi connectivity index (χ3n) is 0.394. The molecule has 0 aromatic heterocycles. The highest BCUT2D eigenvalue weighted by Crippen LogP contribution is 1.85. The van der Waals surface area contributed by atoms with Crippen LogP contribution in [0.5, 0.6) is 0 Å². The molecule has 0 aliphatic heterocycles. The van der Waals surface area contributed by atoms with Crippen LogP contribution in [-0.4, -0.2) is 11.8 Å². The monoisotopic (exact) mass is 120 g/mol. The van der Waals surface area contributed by atoms with E-state index in [1.54, 1.807) is 9.47 Å². The van der Waals surface area contributed by atoms with Gasteiger partial charge in [0.05, 0.1) is 9.47 Å². The lowest BCUT2D eigenvalue weighted by atomic mass is 10.5. The molecule has 0 saturated carbocycles. The van der Waals surface area contributed by atoms with E-state index >= 15 is 0 Å². The lowest BCUT2D eigenvalue weighted by Crippen LogP contribution is -2.07. The van der Waals surface area contributed by atoms with Gasteiger partial charge in [-0.15, -0.1) is 0 Å². The fraction of sp³-hybridized carbons (Fsp3) is 0.333. The van der Waals surface area contributed by atoms with Gasteiger partial charge >= 0.3 is 5.97 Å². The quantitative estimate of drug-likeness (QED) is 0.358. The molecule has 0 aromatic rings. The van der Waals surface area contributed by atoms with Gasteiger partial charge in [0.25, 0.3) is 0 Å². The summed E-state index contributed by atoms with van der Waals surface area (Å²) in [6.07, 6.45) is 0. The van der Waals surface area contributed by atoms with Crippen LogP contribution in [-0.2, 0) is 14.1 Å². The van der Waals surface area contributed by atoms with Crippen LogP contribution in [0.25, 0.3) is 0 Å². The van der Waals surface area contributed by atoms with Crippen LogP contribution in [0.1, 0.15) is 6.92 Å². The van der Waals surface area contributed by atoms with E-state index in [2.05, 4.69) is 4.52 Å². The molecule has 0 radical (unpaired) electrons. The molecule has 1 unspecified atom stereocenters. The zero-order chi connectivity index (χ0) is 5.86. The minimum atomic E-state index is -0.829. The summed E-state index contributed by atoms with van der Waals surface area (Å²) in [5, 5.41) is 0. The van der Waals surface area contributed by atoms with Crippen LogP contribution in [0.15, 0.2) is 0 Å². The van der Waals surface area contributed by atoms with Crippen LogP contribution in [0, 0.1) is 0 Å². The molecule has 0 fully saturated rings. The minimum absolute atomic E-state index is 0.588. The first-order chi connectivity index (χ1) is 3.18. The van der Waals surface area contributed by atoms with E-state index in [0.717, 1.165) is 6.92 Å². The molecule has 40 valence electrons. The van der Waals surface area contributed by atoms with Gasteiger partial charge in [0.1, 0.15) is 0 Å². The topological polar surface area (TPSA) is 43.4 Å². The van der Waals surface area contributed by atoms with E-state index in [4.69, 9.17) is 0 Å². The van der Waals surface area contributed by atoms with Crippen molar-refractivity contribution in [1.29, 1.82) is 0 Å². The number of carbonyl (C=O) groups is 2. The Kier molecular flexibility index (Phi) is 2.53. The predicted molar refractivity (Wildman–Crippen MR) is 26.5 cm³/mol. The number of rotatable bonds is 1. The van der Waals surface area contributed by atoms with E-state index in [-0.39, 0.29) is 0 Å². The molecule has 0 spiro atoms. The standard InChI is InChI=1S/C3H5O3P/c1-2(4)3(5)6-7/h7H2,1H3. The highest BCUT2D eigenvalue weighted by atomic mass is 31.0. The van der Waals surface area contributed by atoms with Gasteiger partial charge in [0.15, 0.2) is 0 Å². The van der Waals surface area contributed by atoms with Gasteiger partial charge in [-0.2, -0.15) is 0 Å². The minimum Gasteiger partial charge on any atom is -0.446 e.